The zero-order valence-corrected chi connectivity index (χ0v) is 7.77. The fourth-order valence-corrected chi connectivity index (χ4v) is 1.51. The van der Waals surface area contributed by atoms with Crippen molar-refractivity contribution >= 4 is 11.6 Å². The number of aromatic nitrogens is 1. The van der Waals surface area contributed by atoms with Crippen molar-refractivity contribution in [1.29, 1.82) is 0 Å². The van der Waals surface area contributed by atoms with E-state index < -0.39 is 0 Å². The highest BCUT2D eigenvalue weighted by Gasteiger charge is 2.26. The number of nitrogen functional groups attached to an aromatic ring is 1. The first-order chi connectivity index (χ1) is 6.78. The van der Waals surface area contributed by atoms with Gasteiger partial charge in [-0.05, 0) is 25.0 Å². The number of hydrogen-bond donors (Lipinski definition) is 4. The van der Waals surface area contributed by atoms with Gasteiger partial charge in [0.2, 0.25) is 0 Å². The lowest BCUT2D eigenvalue weighted by Crippen LogP contribution is -2.39. The Morgan fingerprint density at radius 3 is 2.71 bits per heavy atom. The molecule has 1 aromatic heterocycles. The summed E-state index contributed by atoms with van der Waals surface area (Å²) in [7, 11) is 0. The smallest absolute Gasteiger partial charge is 0.142 e. The van der Waals surface area contributed by atoms with Crippen molar-refractivity contribution in [3.63, 3.8) is 0 Å². The molecule has 14 heavy (non-hydrogen) atoms. The fraction of sp³-hybridized carbons (Fsp3) is 0.444. The molecule has 0 unspecified atom stereocenters. The zero-order valence-electron chi connectivity index (χ0n) is 7.77. The summed E-state index contributed by atoms with van der Waals surface area (Å²) in [6, 6.07) is 5.89. The topological polar surface area (TPSA) is 83.2 Å². The predicted molar refractivity (Wildman–Crippen MR) is 54.7 cm³/mol. The molecule has 0 bridgehead atoms. The van der Waals surface area contributed by atoms with Crippen LogP contribution in [-0.4, -0.2) is 22.2 Å². The molecular weight excluding hydrogens is 180 g/mol. The van der Waals surface area contributed by atoms with Crippen LogP contribution in [0.5, 0.6) is 0 Å². The monoisotopic (exact) mass is 194 g/mol. The minimum Gasteiger partial charge on any atom is -0.393 e. The summed E-state index contributed by atoms with van der Waals surface area (Å²) in [4.78, 5) is 4.21. The molecule has 0 radical (unpaired) electrons. The number of aliphatic hydroxyl groups is 1. The molecule has 0 aliphatic heterocycles. The van der Waals surface area contributed by atoms with E-state index in [1.165, 1.54) is 0 Å². The zero-order chi connectivity index (χ0) is 9.97. The lowest BCUT2D eigenvalue weighted by Gasteiger charge is -2.32. The summed E-state index contributed by atoms with van der Waals surface area (Å²) in [6.45, 7) is 0. The predicted octanol–water partition coefficient (Wildman–Crippen LogP) is 0.302. The maximum Gasteiger partial charge on any atom is 0.142 e. The molecule has 1 saturated carbocycles. The van der Waals surface area contributed by atoms with Crippen LogP contribution in [0.25, 0.3) is 0 Å². The molecule has 0 aromatic carbocycles. The van der Waals surface area contributed by atoms with Gasteiger partial charge in [0.05, 0.1) is 6.10 Å². The summed E-state index contributed by atoms with van der Waals surface area (Å²) in [5, 5.41) is 12.3. The average Bonchev–Trinajstić information content (AvgIpc) is 2.16. The molecule has 1 aliphatic rings. The third-order valence-corrected chi connectivity index (χ3v) is 2.36. The molecule has 2 rings (SSSR count). The number of nitrogens with two attached hydrogens (primary N) is 1. The van der Waals surface area contributed by atoms with Gasteiger partial charge >= 0.3 is 0 Å². The minimum absolute atomic E-state index is 0.150. The van der Waals surface area contributed by atoms with E-state index >= 15 is 0 Å². The van der Waals surface area contributed by atoms with E-state index in [-0.39, 0.29) is 6.10 Å². The number of rotatable bonds is 3. The van der Waals surface area contributed by atoms with E-state index in [0.29, 0.717) is 11.9 Å². The Balaban J connectivity index is 1.95. The number of nitrogens with zero attached hydrogens (tertiary/aromatic N) is 1. The Morgan fingerprint density at radius 2 is 2.07 bits per heavy atom. The van der Waals surface area contributed by atoms with Gasteiger partial charge in [-0.3, -0.25) is 0 Å². The Bertz CT molecular complexity index is 311. The van der Waals surface area contributed by atoms with Crippen LogP contribution in [0.3, 0.4) is 0 Å². The maximum atomic E-state index is 9.10. The molecule has 76 valence electrons. The lowest BCUT2D eigenvalue weighted by molar-refractivity contribution is 0.0835. The Kier molecular flexibility index (Phi) is 2.51. The number of anilines is 2. The van der Waals surface area contributed by atoms with Crippen molar-refractivity contribution in [2.45, 2.75) is 25.0 Å². The van der Waals surface area contributed by atoms with Crippen LogP contribution >= 0.6 is 0 Å². The van der Waals surface area contributed by atoms with Gasteiger partial charge in [0.15, 0.2) is 0 Å². The standard InChI is InChI=1S/C9H14N4O/c10-13-9-3-1-2-8(12-9)11-6-4-7(14)5-6/h1-3,6-7,14H,4-5,10H2,(H2,11,12,13). The molecule has 0 amide bonds. The second-order valence-corrected chi connectivity index (χ2v) is 3.52. The largest absolute Gasteiger partial charge is 0.393 e. The fourth-order valence-electron chi connectivity index (χ4n) is 1.51. The Morgan fingerprint density at radius 1 is 1.36 bits per heavy atom. The highest BCUT2D eigenvalue weighted by Crippen LogP contribution is 2.23. The minimum atomic E-state index is -0.150. The highest BCUT2D eigenvalue weighted by molar-refractivity contribution is 5.45. The number of hydrogen-bond acceptors (Lipinski definition) is 5. The Hall–Kier alpha value is -1.33. The normalized spacial score (nSPS) is 25.3. The van der Waals surface area contributed by atoms with Gasteiger partial charge in [0, 0.05) is 6.04 Å². The van der Waals surface area contributed by atoms with Crippen LogP contribution < -0.4 is 16.6 Å². The van der Waals surface area contributed by atoms with E-state index in [2.05, 4.69) is 15.7 Å². The van der Waals surface area contributed by atoms with Crippen LogP contribution in [0.15, 0.2) is 18.2 Å². The van der Waals surface area contributed by atoms with Crippen LogP contribution in [0.2, 0.25) is 0 Å². The average molecular weight is 194 g/mol. The van der Waals surface area contributed by atoms with Gasteiger partial charge in [-0.2, -0.15) is 0 Å². The number of nitrogens with one attached hydrogen (secondary N) is 2. The van der Waals surface area contributed by atoms with Crippen LogP contribution in [0, 0.1) is 0 Å². The van der Waals surface area contributed by atoms with Crippen molar-refractivity contribution in [1.82, 2.24) is 4.98 Å². The highest BCUT2D eigenvalue weighted by atomic mass is 16.3. The molecule has 1 heterocycles. The van der Waals surface area contributed by atoms with Gasteiger partial charge < -0.3 is 15.8 Å². The van der Waals surface area contributed by atoms with E-state index in [4.69, 9.17) is 10.9 Å². The molecule has 1 aliphatic carbocycles. The molecule has 5 heteroatoms. The summed E-state index contributed by atoms with van der Waals surface area (Å²) in [5.41, 5.74) is 2.48. The van der Waals surface area contributed by atoms with Crippen LogP contribution in [0.1, 0.15) is 12.8 Å². The first kappa shape index (κ1) is 9.23. The van der Waals surface area contributed by atoms with Gasteiger partial charge in [-0.15, -0.1) is 0 Å². The third-order valence-electron chi connectivity index (χ3n) is 2.36. The van der Waals surface area contributed by atoms with Gasteiger partial charge in [-0.25, -0.2) is 10.8 Å². The summed E-state index contributed by atoms with van der Waals surface area (Å²) < 4.78 is 0. The summed E-state index contributed by atoms with van der Waals surface area (Å²) >= 11 is 0. The van der Waals surface area contributed by atoms with Crippen molar-refractivity contribution in [3.8, 4) is 0 Å². The number of hydrazine groups is 1. The van der Waals surface area contributed by atoms with E-state index in [0.717, 1.165) is 18.7 Å². The van der Waals surface area contributed by atoms with E-state index in [1.54, 1.807) is 6.07 Å². The number of aliphatic hydroxyl groups excluding tert-OH is 1. The van der Waals surface area contributed by atoms with E-state index in [9.17, 15) is 0 Å². The molecule has 0 saturated heterocycles. The Labute approximate surface area is 82.3 Å². The molecular formula is C9H14N4O. The summed E-state index contributed by atoms with van der Waals surface area (Å²) in [6.07, 6.45) is 1.44. The molecule has 1 fully saturated rings. The van der Waals surface area contributed by atoms with Crippen LogP contribution in [-0.2, 0) is 0 Å². The van der Waals surface area contributed by atoms with Crippen LogP contribution in [0.4, 0.5) is 11.6 Å². The van der Waals surface area contributed by atoms with Gasteiger partial charge in [0.1, 0.15) is 11.6 Å². The van der Waals surface area contributed by atoms with Crippen molar-refractivity contribution in [3.05, 3.63) is 18.2 Å². The lowest BCUT2D eigenvalue weighted by atomic mass is 9.89. The first-order valence-corrected chi connectivity index (χ1v) is 4.66. The quantitative estimate of drug-likeness (QED) is 0.411. The SMILES string of the molecule is NNc1cccc(NC2CC(O)C2)n1. The molecule has 5 nitrogen and oxygen atoms in total. The second-order valence-electron chi connectivity index (χ2n) is 3.52. The van der Waals surface area contributed by atoms with Gasteiger partial charge in [0.25, 0.3) is 0 Å². The molecule has 5 N–H and O–H groups in total. The maximum absolute atomic E-state index is 9.10. The molecule has 0 spiro atoms. The second kappa shape index (κ2) is 3.81. The first-order valence-electron chi connectivity index (χ1n) is 4.66. The van der Waals surface area contributed by atoms with Crippen molar-refractivity contribution in [2.75, 3.05) is 10.7 Å². The van der Waals surface area contributed by atoms with Crippen molar-refractivity contribution < 1.29 is 5.11 Å². The van der Waals surface area contributed by atoms with E-state index in [1.807, 2.05) is 12.1 Å². The molecule has 0 atom stereocenters. The van der Waals surface area contributed by atoms with Crippen molar-refractivity contribution in [2.24, 2.45) is 5.84 Å². The third kappa shape index (κ3) is 1.94. The van der Waals surface area contributed by atoms with Gasteiger partial charge in [-0.1, -0.05) is 6.07 Å². The summed E-state index contributed by atoms with van der Waals surface area (Å²) in [5.74, 6) is 6.66. The number of pyridine rings is 1. The molecule has 1 aromatic rings.